The lowest BCUT2D eigenvalue weighted by molar-refractivity contribution is 0.102. The second-order valence-electron chi connectivity index (χ2n) is 4.85. The maximum Gasteiger partial charge on any atom is 0.258 e. The molecule has 0 aliphatic heterocycles. The van der Waals surface area contributed by atoms with Gasteiger partial charge < -0.3 is 5.32 Å². The molecule has 108 valence electrons. The van der Waals surface area contributed by atoms with Gasteiger partial charge in [0.05, 0.1) is 5.56 Å². The van der Waals surface area contributed by atoms with Gasteiger partial charge in [-0.3, -0.25) is 4.79 Å². The van der Waals surface area contributed by atoms with Crippen LogP contribution in [-0.4, -0.2) is 5.91 Å². The van der Waals surface area contributed by atoms with Crippen molar-refractivity contribution in [1.29, 1.82) is 0 Å². The Morgan fingerprint density at radius 2 is 1.41 bits per heavy atom. The first-order chi connectivity index (χ1) is 10.8. The second-order valence-corrected chi connectivity index (χ2v) is 4.85. The molecule has 3 aromatic carbocycles. The topological polar surface area (TPSA) is 29.1 Å². The van der Waals surface area contributed by atoms with Gasteiger partial charge in [0.2, 0.25) is 0 Å². The van der Waals surface area contributed by atoms with Crippen LogP contribution in [0.15, 0.2) is 78.9 Å². The summed E-state index contributed by atoms with van der Waals surface area (Å²) < 4.78 is 13.7. The molecule has 3 rings (SSSR count). The van der Waals surface area contributed by atoms with Crippen molar-refractivity contribution in [2.45, 2.75) is 0 Å². The third-order valence-corrected chi connectivity index (χ3v) is 3.38. The number of para-hydroxylation sites is 1. The Labute approximate surface area is 128 Å². The number of rotatable bonds is 3. The summed E-state index contributed by atoms with van der Waals surface area (Å²) in [7, 11) is 0. The van der Waals surface area contributed by atoms with E-state index < -0.39 is 11.7 Å². The fourth-order valence-electron chi connectivity index (χ4n) is 2.30. The third kappa shape index (κ3) is 2.88. The molecule has 1 N–H and O–H groups in total. The molecule has 0 atom stereocenters. The van der Waals surface area contributed by atoms with Crippen LogP contribution >= 0.6 is 0 Å². The van der Waals surface area contributed by atoms with Crippen molar-refractivity contribution in [2.75, 3.05) is 5.32 Å². The first kappa shape index (κ1) is 14.0. The van der Waals surface area contributed by atoms with E-state index in [-0.39, 0.29) is 5.56 Å². The molecule has 1 amide bonds. The summed E-state index contributed by atoms with van der Waals surface area (Å²) in [5, 5.41) is 2.79. The average molecular weight is 291 g/mol. The number of hydrogen-bond donors (Lipinski definition) is 1. The van der Waals surface area contributed by atoms with Gasteiger partial charge in [0.15, 0.2) is 0 Å². The summed E-state index contributed by atoms with van der Waals surface area (Å²) in [4.78, 5) is 12.3. The maximum atomic E-state index is 13.7. The predicted molar refractivity (Wildman–Crippen MR) is 86.2 cm³/mol. The number of amides is 1. The molecule has 0 bridgehead atoms. The van der Waals surface area contributed by atoms with Gasteiger partial charge in [-0.1, -0.05) is 60.7 Å². The van der Waals surface area contributed by atoms with E-state index in [2.05, 4.69) is 5.32 Å². The molecule has 0 aliphatic carbocycles. The van der Waals surface area contributed by atoms with Crippen LogP contribution in [0.5, 0.6) is 0 Å². The highest BCUT2D eigenvalue weighted by Gasteiger charge is 2.13. The minimum Gasteiger partial charge on any atom is -0.321 e. The highest BCUT2D eigenvalue weighted by molar-refractivity contribution is 6.06. The quantitative estimate of drug-likeness (QED) is 0.741. The molecule has 0 saturated carbocycles. The predicted octanol–water partition coefficient (Wildman–Crippen LogP) is 4.75. The van der Waals surface area contributed by atoms with Crippen LogP contribution in [0.1, 0.15) is 10.4 Å². The minimum absolute atomic E-state index is 0.0327. The number of halogens is 1. The normalized spacial score (nSPS) is 10.2. The van der Waals surface area contributed by atoms with Crippen LogP contribution < -0.4 is 5.32 Å². The summed E-state index contributed by atoms with van der Waals surface area (Å²) in [6.45, 7) is 0. The smallest absolute Gasteiger partial charge is 0.258 e. The SMILES string of the molecule is O=C(Nc1ccccc1-c1ccccc1)c1ccccc1F. The fourth-order valence-corrected chi connectivity index (χ4v) is 2.30. The molecule has 3 heteroatoms. The Balaban J connectivity index is 1.94. The van der Waals surface area contributed by atoms with E-state index >= 15 is 0 Å². The maximum absolute atomic E-state index is 13.7. The molecule has 0 fully saturated rings. The lowest BCUT2D eigenvalue weighted by atomic mass is 10.0. The highest BCUT2D eigenvalue weighted by Crippen LogP contribution is 2.28. The second kappa shape index (κ2) is 6.22. The van der Waals surface area contributed by atoms with Crippen LogP contribution in [0.2, 0.25) is 0 Å². The Morgan fingerprint density at radius 3 is 2.18 bits per heavy atom. The van der Waals surface area contributed by atoms with E-state index in [1.165, 1.54) is 12.1 Å². The summed E-state index contributed by atoms with van der Waals surface area (Å²) in [5.41, 5.74) is 2.58. The molecule has 22 heavy (non-hydrogen) atoms. The Morgan fingerprint density at radius 1 is 0.773 bits per heavy atom. The number of carbonyl (C=O) groups excluding carboxylic acids is 1. The van der Waals surface area contributed by atoms with Crippen molar-refractivity contribution >= 4 is 11.6 Å². The van der Waals surface area contributed by atoms with Crippen LogP contribution in [0.25, 0.3) is 11.1 Å². The van der Waals surface area contributed by atoms with E-state index in [1.807, 2.05) is 48.5 Å². The molecule has 0 heterocycles. The van der Waals surface area contributed by atoms with Crippen LogP contribution in [0, 0.1) is 5.82 Å². The van der Waals surface area contributed by atoms with Crippen molar-refractivity contribution in [3.8, 4) is 11.1 Å². The monoisotopic (exact) mass is 291 g/mol. The van der Waals surface area contributed by atoms with E-state index in [0.29, 0.717) is 5.69 Å². The van der Waals surface area contributed by atoms with Gasteiger partial charge >= 0.3 is 0 Å². The number of benzene rings is 3. The van der Waals surface area contributed by atoms with Gasteiger partial charge in [-0.25, -0.2) is 4.39 Å². The molecule has 0 radical (unpaired) electrons. The Hall–Kier alpha value is -2.94. The van der Waals surface area contributed by atoms with Crippen molar-refractivity contribution in [1.82, 2.24) is 0 Å². The Bertz CT molecular complexity index is 799. The van der Waals surface area contributed by atoms with E-state index in [4.69, 9.17) is 0 Å². The summed E-state index contributed by atoms with van der Waals surface area (Å²) in [6.07, 6.45) is 0. The zero-order valence-corrected chi connectivity index (χ0v) is 11.8. The van der Waals surface area contributed by atoms with Crippen LogP contribution in [0.4, 0.5) is 10.1 Å². The Kier molecular flexibility index (Phi) is 3.97. The average Bonchev–Trinajstić information content (AvgIpc) is 2.56. The molecule has 0 aliphatic rings. The van der Waals surface area contributed by atoms with Crippen molar-refractivity contribution in [3.05, 3.63) is 90.2 Å². The fraction of sp³-hybridized carbons (Fsp3) is 0. The molecule has 2 nitrogen and oxygen atoms in total. The zero-order valence-electron chi connectivity index (χ0n) is 11.8. The number of carbonyl (C=O) groups is 1. The molecular weight excluding hydrogens is 277 g/mol. The third-order valence-electron chi connectivity index (χ3n) is 3.38. The largest absolute Gasteiger partial charge is 0.321 e. The minimum atomic E-state index is -0.530. The van der Waals surface area contributed by atoms with Gasteiger partial charge in [0.1, 0.15) is 5.82 Å². The molecule has 3 aromatic rings. The lowest BCUT2D eigenvalue weighted by Crippen LogP contribution is -2.14. The highest BCUT2D eigenvalue weighted by atomic mass is 19.1. The van der Waals surface area contributed by atoms with Gasteiger partial charge in [-0.15, -0.1) is 0 Å². The molecule has 0 unspecified atom stereocenters. The standard InChI is InChI=1S/C19H14FNO/c20-17-12-6-4-11-16(17)19(22)21-18-13-7-5-10-15(18)14-8-2-1-3-9-14/h1-13H,(H,21,22). The van der Waals surface area contributed by atoms with Gasteiger partial charge in [-0.2, -0.15) is 0 Å². The molecular formula is C19H14FNO. The number of hydrogen-bond acceptors (Lipinski definition) is 1. The van der Waals surface area contributed by atoms with Crippen molar-refractivity contribution in [3.63, 3.8) is 0 Å². The summed E-state index contributed by atoms with van der Waals surface area (Å²) >= 11 is 0. The molecule has 0 aromatic heterocycles. The van der Waals surface area contributed by atoms with Crippen molar-refractivity contribution < 1.29 is 9.18 Å². The lowest BCUT2D eigenvalue weighted by Gasteiger charge is -2.11. The van der Waals surface area contributed by atoms with Gasteiger partial charge in [0, 0.05) is 11.3 Å². The number of anilines is 1. The van der Waals surface area contributed by atoms with Crippen LogP contribution in [0.3, 0.4) is 0 Å². The summed E-state index contributed by atoms with van der Waals surface area (Å²) in [5.74, 6) is -0.987. The summed E-state index contributed by atoms with van der Waals surface area (Å²) in [6, 6.07) is 23.2. The van der Waals surface area contributed by atoms with Crippen LogP contribution in [-0.2, 0) is 0 Å². The zero-order chi connectivity index (χ0) is 15.4. The molecule has 0 saturated heterocycles. The van der Waals surface area contributed by atoms with Gasteiger partial charge in [0.25, 0.3) is 5.91 Å². The van der Waals surface area contributed by atoms with E-state index in [1.54, 1.807) is 18.2 Å². The van der Waals surface area contributed by atoms with Crippen molar-refractivity contribution in [2.24, 2.45) is 0 Å². The van der Waals surface area contributed by atoms with Gasteiger partial charge in [-0.05, 0) is 23.8 Å². The van der Waals surface area contributed by atoms with E-state index in [9.17, 15) is 9.18 Å². The number of nitrogens with one attached hydrogen (secondary N) is 1. The first-order valence-corrected chi connectivity index (χ1v) is 6.96. The van der Waals surface area contributed by atoms with E-state index in [0.717, 1.165) is 11.1 Å². The first-order valence-electron chi connectivity index (χ1n) is 6.96. The molecule has 0 spiro atoms.